The van der Waals surface area contributed by atoms with Crippen LogP contribution in [0.3, 0.4) is 0 Å². The fraction of sp³-hybridized carbons (Fsp3) is 0.886. The molecule has 19 heteroatoms. The number of carbonyl (C=O) groups excluding carboxylic acids is 4. The number of hydrogen-bond acceptors (Lipinski definition) is 15. The Labute approximate surface area is 542 Å². The van der Waals surface area contributed by atoms with Gasteiger partial charge in [-0.15, -0.1) is 0 Å². The Balaban J connectivity index is 5.30. The number of aliphatic hydroxyl groups excluding tert-OH is 1. The van der Waals surface area contributed by atoms with Gasteiger partial charge in [-0.05, 0) is 69.1 Å². The molecule has 17 nitrogen and oxygen atoms in total. The van der Waals surface area contributed by atoms with Gasteiger partial charge >= 0.3 is 39.5 Å². The Morgan fingerprint density at radius 1 is 0.360 bits per heavy atom. The molecule has 8 atom stereocenters. The molecule has 524 valence electrons. The van der Waals surface area contributed by atoms with Crippen LogP contribution in [0, 0.1) is 17.8 Å². The number of rotatable bonds is 66. The van der Waals surface area contributed by atoms with E-state index in [1.807, 2.05) is 0 Å². The van der Waals surface area contributed by atoms with Crippen molar-refractivity contribution in [2.24, 2.45) is 17.8 Å². The molecule has 5 unspecified atom stereocenters. The predicted molar refractivity (Wildman–Crippen MR) is 358 cm³/mol. The Morgan fingerprint density at radius 3 is 0.944 bits per heavy atom. The van der Waals surface area contributed by atoms with E-state index < -0.39 is 97.5 Å². The topological polar surface area (TPSA) is 237 Å². The molecule has 0 fully saturated rings. The SMILES string of the molecule is CCCCCC/C=C\C=C/CCCCCCCC(=O)O[C@H](COC(=O)CCCCCCCCCCCCC(C)CC)COP(=O)(O)OC[C@@H](O)COP(=O)(O)OC[C@@H](COC(=O)CCCCCCCCC(C)CC)OC(=O)CCCCCCCCC(C)CC. The number of phosphoric ester groups is 2. The Hall–Kier alpha value is -2.46. The van der Waals surface area contributed by atoms with E-state index in [4.69, 9.17) is 37.0 Å². The van der Waals surface area contributed by atoms with E-state index >= 15 is 0 Å². The standard InChI is InChI=1S/C70H132O17P2/c1-8-12-13-14-15-16-17-18-19-20-21-26-29-39-46-53-69(74)86-65(57-80-67(72)51-44-37-28-25-23-22-24-27-34-41-48-61(5)9-2)59-84-88(76,77)82-55-64(71)56-83-89(78,79)85-60-66(87-70(75)54-47-40-33-31-36-43-50-63(7)11-4)58-81-68(73)52-45-38-32-30-35-42-49-62(6)10-3/h16-19,61-66,71H,8-15,20-60H2,1-7H3,(H,76,77)(H,78,79)/b17-16-,19-18-/t61?,62?,63?,64-,65-,66-/m1/s1. The molecule has 0 aliphatic heterocycles. The summed E-state index contributed by atoms with van der Waals surface area (Å²) in [6, 6.07) is 0. The molecule has 0 radical (unpaired) electrons. The summed E-state index contributed by atoms with van der Waals surface area (Å²) in [6.07, 6.45) is 46.6. The first kappa shape index (κ1) is 86.5. The first-order valence-corrected chi connectivity index (χ1v) is 38.8. The summed E-state index contributed by atoms with van der Waals surface area (Å²) in [7, 11) is -9.91. The zero-order chi connectivity index (χ0) is 65.9. The molecule has 0 aliphatic carbocycles. The number of allylic oxidation sites excluding steroid dienone is 4. The second-order valence-electron chi connectivity index (χ2n) is 25.3. The first-order chi connectivity index (χ1) is 42.8. The van der Waals surface area contributed by atoms with Crippen LogP contribution in [0.1, 0.15) is 325 Å². The lowest BCUT2D eigenvalue weighted by Gasteiger charge is -2.21. The van der Waals surface area contributed by atoms with Crippen molar-refractivity contribution in [3.63, 3.8) is 0 Å². The largest absolute Gasteiger partial charge is 0.472 e. The van der Waals surface area contributed by atoms with Crippen LogP contribution < -0.4 is 0 Å². The van der Waals surface area contributed by atoms with Gasteiger partial charge in [0.05, 0.1) is 26.4 Å². The zero-order valence-corrected chi connectivity index (χ0v) is 59.2. The molecule has 0 rings (SSSR count). The van der Waals surface area contributed by atoms with Crippen molar-refractivity contribution in [3.8, 4) is 0 Å². The zero-order valence-electron chi connectivity index (χ0n) is 57.4. The summed E-state index contributed by atoms with van der Waals surface area (Å²) in [6.45, 7) is 11.7. The van der Waals surface area contributed by atoms with Crippen LogP contribution in [0.4, 0.5) is 0 Å². The van der Waals surface area contributed by atoms with Gasteiger partial charge in [0.25, 0.3) is 0 Å². The van der Waals surface area contributed by atoms with Crippen molar-refractivity contribution in [2.75, 3.05) is 39.6 Å². The highest BCUT2D eigenvalue weighted by atomic mass is 31.2. The maximum Gasteiger partial charge on any atom is 0.472 e. The monoisotopic (exact) mass is 1310 g/mol. The maximum absolute atomic E-state index is 13.0. The average Bonchev–Trinajstić information content (AvgIpc) is 3.61. The highest BCUT2D eigenvalue weighted by Crippen LogP contribution is 2.45. The summed E-state index contributed by atoms with van der Waals surface area (Å²) in [5.41, 5.74) is 0. The Bertz CT molecular complexity index is 1850. The number of unbranched alkanes of at least 4 members (excludes halogenated alkanes) is 28. The normalized spacial score (nSPS) is 15.3. The van der Waals surface area contributed by atoms with Gasteiger partial charge in [-0.25, -0.2) is 9.13 Å². The summed E-state index contributed by atoms with van der Waals surface area (Å²) in [5.74, 6) is 0.0932. The fourth-order valence-corrected chi connectivity index (χ4v) is 11.5. The second kappa shape index (κ2) is 60.5. The van der Waals surface area contributed by atoms with Gasteiger partial charge in [0.1, 0.15) is 19.3 Å². The number of carbonyl (C=O) groups is 4. The molecule has 0 saturated carbocycles. The fourth-order valence-electron chi connectivity index (χ4n) is 9.90. The third kappa shape index (κ3) is 60.3. The van der Waals surface area contributed by atoms with Crippen molar-refractivity contribution < 1.29 is 80.2 Å². The smallest absolute Gasteiger partial charge is 0.462 e. The molecule has 0 bridgehead atoms. The van der Waals surface area contributed by atoms with Gasteiger partial charge in [0.15, 0.2) is 12.2 Å². The van der Waals surface area contributed by atoms with Crippen LogP contribution in [-0.4, -0.2) is 96.7 Å². The van der Waals surface area contributed by atoms with Gasteiger partial charge in [-0.3, -0.25) is 37.3 Å². The highest BCUT2D eigenvalue weighted by Gasteiger charge is 2.30. The lowest BCUT2D eigenvalue weighted by molar-refractivity contribution is -0.161. The molecule has 0 aromatic heterocycles. The lowest BCUT2D eigenvalue weighted by atomic mass is 9.99. The Kier molecular flexibility index (Phi) is 58.8. The molecular formula is C70H132O17P2. The minimum absolute atomic E-state index is 0.0842. The van der Waals surface area contributed by atoms with Gasteiger partial charge in [0, 0.05) is 25.7 Å². The van der Waals surface area contributed by atoms with E-state index in [2.05, 4.69) is 72.8 Å². The van der Waals surface area contributed by atoms with Crippen LogP contribution in [0.2, 0.25) is 0 Å². The molecule has 89 heavy (non-hydrogen) atoms. The highest BCUT2D eigenvalue weighted by molar-refractivity contribution is 7.47. The lowest BCUT2D eigenvalue weighted by Crippen LogP contribution is -2.30. The van der Waals surface area contributed by atoms with E-state index in [1.54, 1.807) is 0 Å². The first-order valence-electron chi connectivity index (χ1n) is 35.8. The third-order valence-electron chi connectivity index (χ3n) is 16.6. The van der Waals surface area contributed by atoms with E-state index in [0.29, 0.717) is 25.7 Å². The summed E-state index contributed by atoms with van der Waals surface area (Å²) < 4.78 is 68.2. The van der Waals surface area contributed by atoms with E-state index in [9.17, 15) is 43.2 Å². The minimum Gasteiger partial charge on any atom is -0.462 e. The molecule has 0 aromatic rings. The van der Waals surface area contributed by atoms with Crippen LogP contribution in [-0.2, 0) is 65.4 Å². The van der Waals surface area contributed by atoms with Crippen molar-refractivity contribution in [2.45, 2.75) is 343 Å². The number of ether oxygens (including phenoxy) is 4. The molecule has 0 aromatic carbocycles. The van der Waals surface area contributed by atoms with Crippen LogP contribution in [0.5, 0.6) is 0 Å². The summed E-state index contributed by atoms with van der Waals surface area (Å²) in [5, 5.41) is 10.6. The van der Waals surface area contributed by atoms with Crippen molar-refractivity contribution in [1.82, 2.24) is 0 Å². The number of phosphoric acid groups is 2. The molecule has 0 heterocycles. The third-order valence-corrected chi connectivity index (χ3v) is 18.5. The summed E-state index contributed by atoms with van der Waals surface area (Å²) >= 11 is 0. The molecule has 0 saturated heterocycles. The van der Waals surface area contributed by atoms with E-state index in [-0.39, 0.29) is 25.7 Å². The van der Waals surface area contributed by atoms with Gasteiger partial charge < -0.3 is 33.8 Å². The molecule has 0 amide bonds. The van der Waals surface area contributed by atoms with Crippen LogP contribution >= 0.6 is 15.6 Å². The number of aliphatic hydroxyl groups is 1. The molecule has 0 spiro atoms. The van der Waals surface area contributed by atoms with Crippen molar-refractivity contribution in [3.05, 3.63) is 24.3 Å². The number of esters is 4. The molecule has 3 N–H and O–H groups in total. The van der Waals surface area contributed by atoms with Crippen molar-refractivity contribution in [1.29, 1.82) is 0 Å². The van der Waals surface area contributed by atoms with Gasteiger partial charge in [-0.2, -0.15) is 0 Å². The average molecular weight is 1310 g/mol. The Morgan fingerprint density at radius 2 is 0.629 bits per heavy atom. The van der Waals surface area contributed by atoms with E-state index in [1.165, 1.54) is 116 Å². The van der Waals surface area contributed by atoms with Crippen LogP contribution in [0.15, 0.2) is 24.3 Å². The summed E-state index contributed by atoms with van der Waals surface area (Å²) in [4.78, 5) is 72.5. The minimum atomic E-state index is -4.96. The second-order valence-corrected chi connectivity index (χ2v) is 28.2. The predicted octanol–water partition coefficient (Wildman–Crippen LogP) is 19.4. The van der Waals surface area contributed by atoms with Crippen molar-refractivity contribution >= 4 is 39.5 Å². The number of hydrogen-bond donors (Lipinski definition) is 3. The van der Waals surface area contributed by atoms with Crippen LogP contribution in [0.25, 0.3) is 0 Å². The van der Waals surface area contributed by atoms with Gasteiger partial charge in [-0.1, -0.05) is 272 Å². The quantitative estimate of drug-likeness (QED) is 0.0169. The van der Waals surface area contributed by atoms with Gasteiger partial charge in [0.2, 0.25) is 0 Å². The van der Waals surface area contributed by atoms with E-state index in [0.717, 1.165) is 127 Å². The molecule has 0 aliphatic rings. The maximum atomic E-state index is 13.0. The molecular weight excluding hydrogens is 1170 g/mol.